The highest BCUT2D eigenvalue weighted by molar-refractivity contribution is 5.84. The van der Waals surface area contributed by atoms with E-state index in [-0.39, 0.29) is 18.2 Å². The minimum atomic E-state index is -1.00. The monoisotopic (exact) mass is 271 g/mol. The third-order valence-corrected chi connectivity index (χ3v) is 4.22. The molecule has 19 heavy (non-hydrogen) atoms. The molecular formula is C14H25NO4. The summed E-state index contributed by atoms with van der Waals surface area (Å²) in [6.45, 7) is 7.42. The molecule has 1 rings (SSSR count). The molecule has 0 aliphatic carbocycles. The topological polar surface area (TPSA) is 75.6 Å². The van der Waals surface area contributed by atoms with Crippen molar-refractivity contribution in [2.75, 3.05) is 19.8 Å². The summed E-state index contributed by atoms with van der Waals surface area (Å²) in [5, 5.41) is 12.1. The van der Waals surface area contributed by atoms with Gasteiger partial charge in [-0.25, -0.2) is 0 Å². The summed E-state index contributed by atoms with van der Waals surface area (Å²) in [6, 6.07) is 0. The minimum absolute atomic E-state index is 0.0310. The first-order valence-electron chi connectivity index (χ1n) is 6.94. The van der Waals surface area contributed by atoms with Crippen LogP contribution in [0.15, 0.2) is 0 Å². The number of nitrogens with one attached hydrogen (secondary N) is 1. The van der Waals surface area contributed by atoms with Crippen LogP contribution in [0.25, 0.3) is 0 Å². The lowest BCUT2D eigenvalue weighted by Gasteiger charge is -2.29. The van der Waals surface area contributed by atoms with Crippen LogP contribution < -0.4 is 5.32 Å². The normalized spacial score (nSPS) is 20.0. The molecule has 1 aliphatic rings. The lowest BCUT2D eigenvalue weighted by molar-refractivity contribution is -0.153. The van der Waals surface area contributed by atoms with E-state index in [1.807, 2.05) is 13.8 Å². The minimum Gasteiger partial charge on any atom is -0.481 e. The van der Waals surface area contributed by atoms with Crippen molar-refractivity contribution in [3.05, 3.63) is 0 Å². The zero-order valence-electron chi connectivity index (χ0n) is 12.1. The van der Waals surface area contributed by atoms with Crippen molar-refractivity contribution in [3.8, 4) is 0 Å². The van der Waals surface area contributed by atoms with E-state index in [4.69, 9.17) is 4.74 Å². The molecule has 0 saturated carbocycles. The Balaban J connectivity index is 2.42. The lowest BCUT2D eigenvalue weighted by atomic mass is 9.76. The van der Waals surface area contributed by atoms with E-state index in [0.29, 0.717) is 12.5 Å². The Bertz CT molecular complexity index is 323. The second-order valence-electron chi connectivity index (χ2n) is 5.91. The molecule has 5 heteroatoms. The highest BCUT2D eigenvalue weighted by Crippen LogP contribution is 2.31. The number of ether oxygens (including phenoxy) is 1. The van der Waals surface area contributed by atoms with E-state index < -0.39 is 11.4 Å². The first-order valence-corrected chi connectivity index (χ1v) is 6.94. The number of aliphatic carboxylic acids is 1. The van der Waals surface area contributed by atoms with Gasteiger partial charge in [-0.1, -0.05) is 13.8 Å². The number of carboxylic acids is 1. The van der Waals surface area contributed by atoms with Gasteiger partial charge in [-0.2, -0.15) is 0 Å². The SMILES string of the molecule is CC(C)C(C)(CC(=O)NCC1CCOCC1)C(=O)O. The Kier molecular flexibility index (Phi) is 5.79. The van der Waals surface area contributed by atoms with Crippen molar-refractivity contribution in [2.45, 2.75) is 40.0 Å². The molecule has 1 aliphatic heterocycles. The summed E-state index contributed by atoms with van der Waals surface area (Å²) in [5.41, 5.74) is -1.00. The van der Waals surface area contributed by atoms with Crippen LogP contribution in [0, 0.1) is 17.3 Å². The third-order valence-electron chi connectivity index (χ3n) is 4.22. The molecule has 2 N–H and O–H groups in total. The Morgan fingerprint density at radius 1 is 1.37 bits per heavy atom. The number of carboxylic acid groups (broad SMARTS) is 1. The second kappa shape index (κ2) is 6.89. The molecule has 0 bridgehead atoms. The largest absolute Gasteiger partial charge is 0.481 e. The molecule has 5 nitrogen and oxygen atoms in total. The van der Waals surface area contributed by atoms with Gasteiger partial charge < -0.3 is 15.2 Å². The molecule has 0 aromatic carbocycles. The van der Waals surface area contributed by atoms with Gasteiger partial charge in [-0.05, 0) is 31.6 Å². The van der Waals surface area contributed by atoms with Gasteiger partial charge in [0.05, 0.1) is 5.41 Å². The average Bonchev–Trinajstić information content (AvgIpc) is 2.37. The molecular weight excluding hydrogens is 246 g/mol. The summed E-state index contributed by atoms with van der Waals surface area (Å²) in [7, 11) is 0. The zero-order chi connectivity index (χ0) is 14.5. The number of hydrogen-bond acceptors (Lipinski definition) is 3. The highest BCUT2D eigenvalue weighted by Gasteiger charge is 2.38. The molecule has 110 valence electrons. The average molecular weight is 271 g/mol. The Hall–Kier alpha value is -1.10. The van der Waals surface area contributed by atoms with E-state index in [1.165, 1.54) is 0 Å². The van der Waals surface area contributed by atoms with Crippen LogP contribution in [0.3, 0.4) is 0 Å². The van der Waals surface area contributed by atoms with Crippen molar-refractivity contribution in [1.82, 2.24) is 5.32 Å². The molecule has 1 fully saturated rings. The zero-order valence-corrected chi connectivity index (χ0v) is 12.1. The molecule has 1 unspecified atom stereocenters. The summed E-state index contributed by atoms with van der Waals surface area (Å²) >= 11 is 0. The van der Waals surface area contributed by atoms with Gasteiger partial charge in [0.2, 0.25) is 5.91 Å². The number of amides is 1. The van der Waals surface area contributed by atoms with Gasteiger partial charge in [-0.15, -0.1) is 0 Å². The van der Waals surface area contributed by atoms with E-state index in [9.17, 15) is 14.7 Å². The lowest BCUT2D eigenvalue weighted by Crippen LogP contribution is -2.40. The van der Waals surface area contributed by atoms with E-state index in [1.54, 1.807) is 6.92 Å². The second-order valence-corrected chi connectivity index (χ2v) is 5.91. The smallest absolute Gasteiger partial charge is 0.310 e. The van der Waals surface area contributed by atoms with Crippen LogP contribution in [0.2, 0.25) is 0 Å². The maximum absolute atomic E-state index is 11.9. The van der Waals surface area contributed by atoms with Crippen LogP contribution in [0.5, 0.6) is 0 Å². The molecule has 0 spiro atoms. The maximum Gasteiger partial charge on any atom is 0.310 e. The summed E-state index contributed by atoms with van der Waals surface area (Å²) in [5.74, 6) is -0.722. The van der Waals surface area contributed by atoms with E-state index in [2.05, 4.69) is 5.32 Å². The fourth-order valence-electron chi connectivity index (χ4n) is 2.13. The van der Waals surface area contributed by atoms with E-state index >= 15 is 0 Å². The molecule has 1 amide bonds. The Morgan fingerprint density at radius 2 is 1.95 bits per heavy atom. The number of rotatable bonds is 6. The van der Waals surface area contributed by atoms with Gasteiger partial charge in [-0.3, -0.25) is 9.59 Å². The maximum atomic E-state index is 11.9. The Labute approximate surface area is 114 Å². The Morgan fingerprint density at radius 3 is 2.42 bits per heavy atom. The van der Waals surface area contributed by atoms with Crippen LogP contribution >= 0.6 is 0 Å². The van der Waals surface area contributed by atoms with Crippen LogP contribution in [-0.4, -0.2) is 36.7 Å². The quantitative estimate of drug-likeness (QED) is 0.770. The van der Waals surface area contributed by atoms with Crippen molar-refractivity contribution < 1.29 is 19.4 Å². The predicted molar refractivity (Wildman–Crippen MR) is 71.8 cm³/mol. The van der Waals surface area contributed by atoms with Gasteiger partial charge in [0.1, 0.15) is 0 Å². The van der Waals surface area contributed by atoms with Crippen LogP contribution in [0.1, 0.15) is 40.0 Å². The molecule has 1 saturated heterocycles. The van der Waals surface area contributed by atoms with Gasteiger partial charge in [0.25, 0.3) is 0 Å². The summed E-state index contributed by atoms with van der Waals surface area (Å²) in [4.78, 5) is 23.2. The van der Waals surface area contributed by atoms with Crippen LogP contribution in [0.4, 0.5) is 0 Å². The summed E-state index contributed by atoms with van der Waals surface area (Å²) in [6.07, 6.45) is 1.95. The third kappa shape index (κ3) is 4.49. The van der Waals surface area contributed by atoms with Crippen LogP contribution in [-0.2, 0) is 14.3 Å². The van der Waals surface area contributed by atoms with Gasteiger partial charge in [0.15, 0.2) is 0 Å². The summed E-state index contributed by atoms with van der Waals surface area (Å²) < 4.78 is 5.26. The standard InChI is InChI=1S/C14H25NO4/c1-10(2)14(3,13(17)18)8-12(16)15-9-11-4-6-19-7-5-11/h10-11H,4-9H2,1-3H3,(H,15,16)(H,17,18). The molecule has 1 heterocycles. The number of carbonyl (C=O) groups is 2. The number of hydrogen-bond donors (Lipinski definition) is 2. The van der Waals surface area contributed by atoms with Crippen molar-refractivity contribution >= 4 is 11.9 Å². The fourth-order valence-corrected chi connectivity index (χ4v) is 2.13. The molecule has 0 radical (unpaired) electrons. The van der Waals surface area contributed by atoms with Crippen molar-refractivity contribution in [1.29, 1.82) is 0 Å². The predicted octanol–water partition coefficient (Wildman–Crippen LogP) is 1.67. The number of carbonyl (C=O) groups excluding carboxylic acids is 1. The first kappa shape index (κ1) is 16.0. The molecule has 1 atom stereocenters. The fraction of sp³-hybridized carbons (Fsp3) is 0.857. The van der Waals surface area contributed by atoms with Gasteiger partial charge in [0, 0.05) is 26.2 Å². The van der Waals surface area contributed by atoms with Crippen molar-refractivity contribution in [3.63, 3.8) is 0 Å². The first-order chi connectivity index (χ1) is 8.86. The highest BCUT2D eigenvalue weighted by atomic mass is 16.5. The molecule has 0 aromatic rings. The van der Waals surface area contributed by atoms with Crippen molar-refractivity contribution in [2.24, 2.45) is 17.3 Å². The van der Waals surface area contributed by atoms with Gasteiger partial charge >= 0.3 is 5.97 Å². The molecule has 0 aromatic heterocycles. The van der Waals surface area contributed by atoms with E-state index in [0.717, 1.165) is 26.1 Å².